The Morgan fingerprint density at radius 3 is 1.59 bits per heavy atom. The third kappa shape index (κ3) is 4.80. The van der Waals surface area contributed by atoms with E-state index in [-0.39, 0.29) is 0 Å². The maximum absolute atomic E-state index is 12.1. The fourth-order valence-electron chi connectivity index (χ4n) is 0.987. The average molecular weight is 268 g/mol. The Labute approximate surface area is 92.4 Å². The van der Waals surface area contributed by atoms with Crippen molar-refractivity contribution in [3.8, 4) is 0 Å². The molecule has 1 N–H and O–H groups in total. The van der Waals surface area contributed by atoms with E-state index in [9.17, 15) is 31.1 Å². The quantitative estimate of drug-likeness (QED) is 0.797. The van der Waals surface area contributed by atoms with Crippen LogP contribution in [0.25, 0.3) is 0 Å². The number of alkyl halides is 6. The molecule has 0 amide bonds. The molecule has 0 aromatic carbocycles. The molecule has 0 aromatic heterocycles. The van der Waals surface area contributed by atoms with E-state index in [0.717, 1.165) is 13.8 Å². The molecule has 17 heavy (non-hydrogen) atoms. The Hall–Kier alpha value is -0.990. The smallest absolute Gasteiger partial charge is 0.423 e. The first kappa shape index (κ1) is 16.0. The second-order valence-electron chi connectivity index (χ2n) is 3.60. The highest BCUT2D eigenvalue weighted by molar-refractivity contribution is 5.72. The molecule has 0 fully saturated rings. The van der Waals surface area contributed by atoms with E-state index in [1.807, 2.05) is 0 Å². The highest BCUT2D eigenvalue weighted by Crippen LogP contribution is 2.37. The third-order valence-electron chi connectivity index (χ3n) is 1.73. The molecule has 0 radical (unpaired) electrons. The van der Waals surface area contributed by atoms with E-state index in [1.54, 1.807) is 0 Å². The van der Waals surface area contributed by atoms with E-state index >= 15 is 0 Å². The van der Waals surface area contributed by atoms with Gasteiger partial charge in [0, 0.05) is 0 Å². The van der Waals surface area contributed by atoms with E-state index in [0.29, 0.717) is 0 Å². The lowest BCUT2D eigenvalue weighted by Crippen LogP contribution is -2.49. The van der Waals surface area contributed by atoms with Gasteiger partial charge in [0.1, 0.15) is 0 Å². The summed E-state index contributed by atoms with van der Waals surface area (Å²) in [6.45, 7) is 2.28. The number of hydrogen-bond donors (Lipinski definition) is 1. The first-order valence-electron chi connectivity index (χ1n) is 4.39. The van der Waals surface area contributed by atoms with Gasteiger partial charge < -0.3 is 9.84 Å². The number of carboxylic acid groups (broad SMARTS) is 1. The van der Waals surface area contributed by atoms with Crippen LogP contribution in [0.4, 0.5) is 26.3 Å². The summed E-state index contributed by atoms with van der Waals surface area (Å²) in [5, 5.41) is 8.46. The molecule has 9 heteroatoms. The van der Waals surface area contributed by atoms with Gasteiger partial charge >= 0.3 is 18.3 Å². The zero-order chi connectivity index (χ0) is 14.0. The maximum Gasteiger partial charge on any atom is 0.423 e. The second-order valence-corrected chi connectivity index (χ2v) is 3.60. The highest BCUT2D eigenvalue weighted by atomic mass is 19.4. The summed E-state index contributed by atoms with van der Waals surface area (Å²) in [7, 11) is 0. The lowest BCUT2D eigenvalue weighted by molar-refractivity contribution is -0.331. The van der Waals surface area contributed by atoms with Crippen molar-refractivity contribution in [2.45, 2.75) is 38.4 Å². The van der Waals surface area contributed by atoms with Crippen LogP contribution in [0.2, 0.25) is 0 Å². The number of carbonyl (C=O) groups is 1. The number of hydrogen-bond acceptors (Lipinski definition) is 2. The van der Waals surface area contributed by atoms with E-state index in [4.69, 9.17) is 5.11 Å². The van der Waals surface area contributed by atoms with Gasteiger partial charge in [-0.1, -0.05) is 13.8 Å². The summed E-state index contributed by atoms with van der Waals surface area (Å²) in [5.74, 6) is -2.90. The first-order valence-corrected chi connectivity index (χ1v) is 4.39. The molecule has 0 rings (SSSR count). The first-order chi connectivity index (χ1) is 7.37. The molecule has 102 valence electrons. The van der Waals surface area contributed by atoms with E-state index in [2.05, 4.69) is 4.74 Å². The van der Waals surface area contributed by atoms with Crippen LogP contribution < -0.4 is 0 Å². The summed E-state index contributed by atoms with van der Waals surface area (Å²) < 4.78 is 76.0. The third-order valence-corrected chi connectivity index (χ3v) is 1.73. The number of ether oxygens (including phenoxy) is 1. The van der Waals surface area contributed by atoms with Crippen molar-refractivity contribution >= 4 is 5.97 Å². The lowest BCUT2D eigenvalue weighted by Gasteiger charge is -2.27. The minimum atomic E-state index is -5.71. The zero-order valence-electron chi connectivity index (χ0n) is 8.76. The van der Waals surface area contributed by atoms with Gasteiger partial charge in [-0.3, -0.25) is 0 Å². The molecule has 0 aliphatic carbocycles. The van der Waals surface area contributed by atoms with E-state index < -0.39 is 36.4 Å². The van der Waals surface area contributed by atoms with Crippen LogP contribution in [0, 0.1) is 5.92 Å². The van der Waals surface area contributed by atoms with Crippen molar-refractivity contribution in [1.29, 1.82) is 0 Å². The van der Waals surface area contributed by atoms with Crippen molar-refractivity contribution in [2.24, 2.45) is 5.92 Å². The summed E-state index contributed by atoms with van der Waals surface area (Å²) in [5.41, 5.74) is 0. The zero-order valence-corrected chi connectivity index (χ0v) is 8.76. The average Bonchev–Trinajstić information content (AvgIpc) is 1.96. The predicted molar refractivity (Wildman–Crippen MR) is 43.2 cm³/mol. The highest BCUT2D eigenvalue weighted by Gasteiger charge is 2.59. The normalized spacial score (nSPS) is 15.4. The largest absolute Gasteiger partial charge is 0.479 e. The molecule has 0 aliphatic heterocycles. The summed E-state index contributed by atoms with van der Waals surface area (Å²) in [4.78, 5) is 10.5. The summed E-state index contributed by atoms with van der Waals surface area (Å²) >= 11 is 0. The standard InChI is InChI=1S/C8H10F6O3/c1-3(2)4(5(15)16)17-6(7(9,10)11)8(12,13)14/h3-4,6H,1-2H3,(H,15,16). The van der Waals surface area contributed by atoms with Crippen LogP contribution in [-0.2, 0) is 9.53 Å². The van der Waals surface area contributed by atoms with Crippen molar-refractivity contribution in [2.75, 3.05) is 0 Å². The number of aliphatic carboxylic acids is 1. The summed E-state index contributed by atoms with van der Waals surface area (Å²) in [6.07, 6.45) is -17.7. The van der Waals surface area contributed by atoms with E-state index in [1.165, 1.54) is 0 Å². The number of rotatable bonds is 4. The minimum absolute atomic E-state index is 1.03. The fourth-order valence-corrected chi connectivity index (χ4v) is 0.987. The Morgan fingerprint density at radius 2 is 1.41 bits per heavy atom. The van der Waals surface area contributed by atoms with Gasteiger partial charge in [-0.15, -0.1) is 0 Å². The van der Waals surface area contributed by atoms with Crippen LogP contribution >= 0.6 is 0 Å². The lowest BCUT2D eigenvalue weighted by atomic mass is 10.1. The molecule has 0 aromatic rings. The van der Waals surface area contributed by atoms with Gasteiger partial charge in [0.15, 0.2) is 6.10 Å². The van der Waals surface area contributed by atoms with Crippen LogP contribution in [0.15, 0.2) is 0 Å². The molecule has 1 unspecified atom stereocenters. The number of carboxylic acids is 1. The molecule has 0 saturated heterocycles. The second kappa shape index (κ2) is 5.11. The van der Waals surface area contributed by atoms with Gasteiger partial charge in [-0.25, -0.2) is 4.79 Å². The van der Waals surface area contributed by atoms with Crippen LogP contribution in [0.5, 0.6) is 0 Å². The molecule has 3 nitrogen and oxygen atoms in total. The fraction of sp³-hybridized carbons (Fsp3) is 0.875. The Bertz CT molecular complexity index is 255. The van der Waals surface area contributed by atoms with Crippen molar-refractivity contribution in [3.05, 3.63) is 0 Å². The monoisotopic (exact) mass is 268 g/mol. The molecule has 0 heterocycles. The van der Waals surface area contributed by atoms with Crippen LogP contribution in [0.3, 0.4) is 0 Å². The molecule has 0 bridgehead atoms. The molecule has 0 saturated carbocycles. The molecular weight excluding hydrogens is 258 g/mol. The van der Waals surface area contributed by atoms with Gasteiger partial charge in [0.05, 0.1) is 0 Å². The molecule has 0 spiro atoms. The van der Waals surface area contributed by atoms with Gasteiger partial charge in [-0.2, -0.15) is 26.3 Å². The van der Waals surface area contributed by atoms with Crippen molar-refractivity contribution < 1.29 is 41.0 Å². The molecular formula is C8H10F6O3. The SMILES string of the molecule is CC(C)C(OC(C(F)(F)F)C(F)(F)F)C(=O)O. The van der Waals surface area contributed by atoms with Gasteiger partial charge in [-0.05, 0) is 5.92 Å². The predicted octanol–water partition coefficient (Wildman–Crippen LogP) is 2.61. The Balaban J connectivity index is 5.06. The Kier molecular flexibility index (Phi) is 4.81. The number of halogens is 6. The molecule has 0 aliphatic rings. The Morgan fingerprint density at radius 1 is 1.06 bits per heavy atom. The maximum atomic E-state index is 12.1. The molecule has 1 atom stereocenters. The van der Waals surface area contributed by atoms with Crippen LogP contribution in [-0.4, -0.2) is 35.6 Å². The summed E-state index contributed by atoms with van der Waals surface area (Å²) in [6, 6.07) is 0. The topological polar surface area (TPSA) is 46.5 Å². The van der Waals surface area contributed by atoms with Crippen LogP contribution in [0.1, 0.15) is 13.8 Å². The van der Waals surface area contributed by atoms with Gasteiger partial charge in [0.2, 0.25) is 6.10 Å². The minimum Gasteiger partial charge on any atom is -0.479 e. The van der Waals surface area contributed by atoms with Crippen molar-refractivity contribution in [1.82, 2.24) is 0 Å². The van der Waals surface area contributed by atoms with Crippen molar-refractivity contribution in [3.63, 3.8) is 0 Å². The van der Waals surface area contributed by atoms with Gasteiger partial charge in [0.25, 0.3) is 0 Å².